The first-order valence-corrected chi connectivity index (χ1v) is 12.9. The number of aromatic hydroxyl groups is 1. The highest BCUT2D eigenvalue weighted by Crippen LogP contribution is 2.46. The van der Waals surface area contributed by atoms with Crippen LogP contribution in [0.1, 0.15) is 42.7 Å². The van der Waals surface area contributed by atoms with Crippen LogP contribution in [0, 0.1) is 0 Å². The van der Waals surface area contributed by atoms with Gasteiger partial charge in [0.2, 0.25) is 0 Å². The largest absolute Gasteiger partial charge is 0.508 e. The number of carbonyl (C=O) groups is 2. The third-order valence-corrected chi connectivity index (χ3v) is 7.20. The molecule has 1 aliphatic heterocycles. The van der Waals surface area contributed by atoms with Crippen LogP contribution in [-0.4, -0.2) is 30.1 Å². The lowest BCUT2D eigenvalue weighted by Crippen LogP contribution is -2.36. The van der Waals surface area contributed by atoms with Gasteiger partial charge in [0, 0.05) is 34.3 Å². The van der Waals surface area contributed by atoms with Crippen LogP contribution in [0.25, 0.3) is 0 Å². The number of para-hydroxylation sites is 1. The summed E-state index contributed by atoms with van der Waals surface area (Å²) in [5.41, 5.74) is 4.18. The van der Waals surface area contributed by atoms with Crippen molar-refractivity contribution < 1.29 is 24.2 Å². The summed E-state index contributed by atoms with van der Waals surface area (Å²) in [5, 5.41) is 13.9. The number of phenolic OH excluding ortho intramolecular Hbond substituents is 1. The Morgan fingerprint density at radius 2 is 1.63 bits per heavy atom. The van der Waals surface area contributed by atoms with Crippen molar-refractivity contribution in [1.29, 1.82) is 0 Å². The minimum absolute atomic E-state index is 0.00270. The lowest BCUT2D eigenvalue weighted by atomic mass is 9.72. The highest BCUT2D eigenvalue weighted by molar-refractivity contribution is 6.30. The first-order valence-electron chi connectivity index (χ1n) is 12.5. The number of ketones is 1. The number of Topliss-reactive ketones (excluding diaryl/α,β-unsaturated/α-hetero) is 1. The maximum absolute atomic E-state index is 13.7. The van der Waals surface area contributed by atoms with Gasteiger partial charge >= 0.3 is 5.97 Å². The van der Waals surface area contributed by atoms with Gasteiger partial charge in [-0.25, -0.2) is 4.79 Å². The molecule has 0 aromatic heterocycles. The monoisotopic (exact) mass is 529 g/mol. The standard InChI is InChI=1S/C31H28ClNO5/c1-19-28(31(36)38-16-15-37-25-5-3-2-4-6-25)29(21-9-13-24(34)14-10-21)30-26(33-19)17-22(18-27(30)35)20-7-11-23(32)12-8-20/h2-14,22,29,33-34H,15-18H2,1H3/t22-,29-/m0/s1. The molecule has 6 nitrogen and oxygen atoms in total. The second kappa shape index (κ2) is 11.2. The molecule has 2 aliphatic rings. The predicted molar refractivity (Wildman–Crippen MR) is 145 cm³/mol. The highest BCUT2D eigenvalue weighted by Gasteiger charge is 2.41. The van der Waals surface area contributed by atoms with Gasteiger partial charge in [0.15, 0.2) is 5.78 Å². The van der Waals surface area contributed by atoms with Crippen molar-refractivity contribution >= 4 is 23.4 Å². The van der Waals surface area contributed by atoms with E-state index in [-0.39, 0.29) is 30.7 Å². The number of phenols is 1. The van der Waals surface area contributed by atoms with Crippen molar-refractivity contribution in [1.82, 2.24) is 5.32 Å². The summed E-state index contributed by atoms with van der Waals surface area (Å²) in [5.74, 6) is -0.336. The van der Waals surface area contributed by atoms with Crippen molar-refractivity contribution in [3.63, 3.8) is 0 Å². The molecule has 0 bridgehead atoms. The molecule has 0 fully saturated rings. The summed E-state index contributed by atoms with van der Waals surface area (Å²) >= 11 is 6.07. The molecule has 0 amide bonds. The Morgan fingerprint density at radius 1 is 0.947 bits per heavy atom. The number of ether oxygens (including phenoxy) is 2. The number of carbonyl (C=O) groups excluding carboxylic acids is 2. The quantitative estimate of drug-likeness (QED) is 0.287. The maximum atomic E-state index is 13.7. The fraction of sp³-hybridized carbons (Fsp3) is 0.226. The molecule has 7 heteroatoms. The second-order valence-corrected chi connectivity index (χ2v) is 9.89. The molecule has 2 atom stereocenters. The van der Waals surface area contributed by atoms with Gasteiger partial charge in [0.1, 0.15) is 24.7 Å². The molecule has 2 N–H and O–H groups in total. The van der Waals surface area contributed by atoms with E-state index >= 15 is 0 Å². The maximum Gasteiger partial charge on any atom is 0.336 e. The fourth-order valence-electron chi connectivity index (χ4n) is 5.17. The van der Waals surface area contributed by atoms with Crippen LogP contribution in [-0.2, 0) is 14.3 Å². The Bertz CT molecular complexity index is 1390. The molecule has 0 unspecified atom stereocenters. The van der Waals surface area contributed by atoms with Gasteiger partial charge in [-0.3, -0.25) is 4.79 Å². The number of rotatable bonds is 7. The molecule has 194 valence electrons. The average molecular weight is 530 g/mol. The molecule has 1 aliphatic carbocycles. The van der Waals surface area contributed by atoms with Crippen LogP contribution in [0.3, 0.4) is 0 Å². The summed E-state index contributed by atoms with van der Waals surface area (Å²) in [7, 11) is 0. The van der Waals surface area contributed by atoms with Crippen molar-refractivity contribution in [2.75, 3.05) is 13.2 Å². The van der Waals surface area contributed by atoms with E-state index in [0.717, 1.165) is 16.8 Å². The molecule has 38 heavy (non-hydrogen) atoms. The smallest absolute Gasteiger partial charge is 0.336 e. The average Bonchev–Trinajstić information content (AvgIpc) is 2.91. The van der Waals surface area contributed by atoms with E-state index in [2.05, 4.69) is 5.32 Å². The highest BCUT2D eigenvalue weighted by atomic mass is 35.5. The molecule has 0 spiro atoms. The topological polar surface area (TPSA) is 84.9 Å². The number of nitrogens with one attached hydrogen (secondary N) is 1. The lowest BCUT2D eigenvalue weighted by Gasteiger charge is -2.36. The lowest BCUT2D eigenvalue weighted by molar-refractivity contribution is -0.140. The first kappa shape index (κ1) is 25.6. The molecule has 0 saturated carbocycles. The minimum Gasteiger partial charge on any atom is -0.508 e. The van der Waals surface area contributed by atoms with Crippen LogP contribution >= 0.6 is 11.6 Å². The van der Waals surface area contributed by atoms with Crippen LogP contribution in [0.4, 0.5) is 0 Å². The Hall–Kier alpha value is -4.03. The van der Waals surface area contributed by atoms with E-state index in [0.29, 0.717) is 40.5 Å². The molecular weight excluding hydrogens is 502 g/mol. The summed E-state index contributed by atoms with van der Waals surface area (Å²) in [6.07, 6.45) is 0.949. The van der Waals surface area contributed by atoms with Crippen molar-refractivity contribution in [3.05, 3.63) is 118 Å². The first-order chi connectivity index (χ1) is 18.4. The molecule has 0 saturated heterocycles. The van der Waals surface area contributed by atoms with Crippen LogP contribution in [0.15, 0.2) is 101 Å². The summed E-state index contributed by atoms with van der Waals surface area (Å²) in [6, 6.07) is 23.5. The van der Waals surface area contributed by atoms with Gasteiger partial charge in [-0.15, -0.1) is 0 Å². The van der Waals surface area contributed by atoms with E-state index in [1.54, 1.807) is 24.3 Å². The summed E-state index contributed by atoms with van der Waals surface area (Å²) in [4.78, 5) is 27.1. The van der Waals surface area contributed by atoms with Crippen LogP contribution in [0.5, 0.6) is 11.5 Å². The summed E-state index contributed by atoms with van der Waals surface area (Å²) in [6.45, 7) is 2.09. The van der Waals surface area contributed by atoms with Crippen molar-refractivity contribution in [2.45, 2.75) is 31.6 Å². The van der Waals surface area contributed by atoms with E-state index < -0.39 is 11.9 Å². The zero-order valence-electron chi connectivity index (χ0n) is 20.9. The predicted octanol–water partition coefficient (Wildman–Crippen LogP) is 6.03. The number of halogens is 1. The third-order valence-electron chi connectivity index (χ3n) is 6.94. The van der Waals surface area contributed by atoms with Gasteiger partial charge in [-0.05, 0) is 66.8 Å². The number of hydrogen-bond donors (Lipinski definition) is 2. The van der Waals surface area contributed by atoms with Crippen molar-refractivity contribution in [2.24, 2.45) is 0 Å². The minimum atomic E-state index is -0.604. The van der Waals surface area contributed by atoms with E-state index in [1.807, 2.05) is 61.5 Å². The number of esters is 1. The Labute approximate surface area is 226 Å². The number of allylic oxidation sites excluding steroid dienone is 3. The second-order valence-electron chi connectivity index (χ2n) is 9.46. The Balaban J connectivity index is 1.41. The zero-order chi connectivity index (χ0) is 26.6. The molecule has 3 aromatic rings. The van der Waals surface area contributed by atoms with E-state index in [9.17, 15) is 14.7 Å². The molecule has 0 radical (unpaired) electrons. The van der Waals surface area contributed by atoms with Gasteiger partial charge in [0.05, 0.1) is 5.57 Å². The fourth-order valence-corrected chi connectivity index (χ4v) is 5.29. The molecule has 1 heterocycles. The molecule has 5 rings (SSSR count). The number of hydrogen-bond acceptors (Lipinski definition) is 6. The van der Waals surface area contributed by atoms with Gasteiger partial charge < -0.3 is 19.9 Å². The molecule has 3 aromatic carbocycles. The molecular formula is C31H28ClNO5. The van der Waals surface area contributed by atoms with Gasteiger partial charge in [-0.1, -0.05) is 54.1 Å². The van der Waals surface area contributed by atoms with Gasteiger partial charge in [-0.2, -0.15) is 0 Å². The van der Waals surface area contributed by atoms with Crippen LogP contribution in [0.2, 0.25) is 5.02 Å². The summed E-state index contributed by atoms with van der Waals surface area (Å²) < 4.78 is 11.3. The van der Waals surface area contributed by atoms with E-state index in [1.165, 1.54) is 0 Å². The Kier molecular flexibility index (Phi) is 7.52. The SMILES string of the molecule is CC1=C(C(=O)OCCOc2ccccc2)[C@H](c2ccc(O)cc2)C2=C(C[C@H](c3ccc(Cl)cc3)CC2=O)N1. The van der Waals surface area contributed by atoms with Gasteiger partial charge in [0.25, 0.3) is 0 Å². The van der Waals surface area contributed by atoms with Crippen molar-refractivity contribution in [3.8, 4) is 11.5 Å². The third kappa shape index (κ3) is 5.46. The zero-order valence-corrected chi connectivity index (χ0v) is 21.7. The number of dihydropyridines is 1. The normalized spacial score (nSPS) is 19.1. The Morgan fingerprint density at radius 3 is 2.34 bits per heavy atom. The van der Waals surface area contributed by atoms with E-state index in [4.69, 9.17) is 21.1 Å². The van der Waals surface area contributed by atoms with Crippen LogP contribution < -0.4 is 10.1 Å². The number of benzene rings is 3.